The summed E-state index contributed by atoms with van der Waals surface area (Å²) in [6, 6.07) is 96.1. The van der Waals surface area contributed by atoms with Crippen LogP contribution in [0, 0.1) is 6.67 Å². The second-order valence-corrected chi connectivity index (χ2v) is 20.0. The van der Waals surface area contributed by atoms with Crippen LogP contribution in [0.3, 0.4) is 0 Å². The fraction of sp³-hybridized carbons (Fsp3) is 0.108. The van der Waals surface area contributed by atoms with E-state index >= 15 is 0 Å². The first-order valence-electron chi connectivity index (χ1n) is 27.2. The number of carbonyl (C=O) groups excluding carboxylic acids is 1. The maximum atomic E-state index is 10.0. The minimum atomic E-state index is -0.150. The van der Waals surface area contributed by atoms with Crippen molar-refractivity contribution >= 4 is 26.7 Å². The molecule has 0 atom stereocenters. The molecule has 0 saturated carbocycles. The molecule has 0 radical (unpaired) electrons. The summed E-state index contributed by atoms with van der Waals surface area (Å²) in [7, 11) is 8.05. The number of halogens is 1. The number of methoxy groups -OCH3 is 2. The van der Waals surface area contributed by atoms with Gasteiger partial charge in [-0.15, -0.1) is 6.67 Å². The van der Waals surface area contributed by atoms with Crippen molar-refractivity contribution < 1.29 is 37.6 Å². The Kier molecular flexibility index (Phi) is 20.2. The molecule has 6 nitrogen and oxygen atoms in total. The Morgan fingerprint density at radius 2 is 0.598 bits per heavy atom. The molecule has 10 aromatic rings. The molecule has 1 heterocycles. The van der Waals surface area contributed by atoms with E-state index in [1.165, 1.54) is 64.4 Å². The molecule has 11 rings (SSSR count). The monoisotopic (exact) mass is 1190 g/mol. The van der Waals surface area contributed by atoms with Crippen molar-refractivity contribution in [3.8, 4) is 11.5 Å². The first kappa shape index (κ1) is 58.0. The molecule has 0 aromatic heterocycles. The van der Waals surface area contributed by atoms with Gasteiger partial charge in [0.1, 0.15) is 11.5 Å². The number of rotatable bonds is 17. The number of carbonyl (C=O) groups is 1. The number of ether oxygens (including phenoxy) is 2. The Morgan fingerprint density at radius 3 is 0.744 bits per heavy atom. The fourth-order valence-electron chi connectivity index (χ4n) is 11.3. The number of anilines is 2. The average Bonchev–Trinajstić information content (AvgIpc) is 4.20. The number of aliphatic hydroxyl groups excluding tert-OH is 1. The summed E-state index contributed by atoms with van der Waals surface area (Å²) in [6.07, 6.45) is 5.65. The fourth-order valence-corrected chi connectivity index (χ4v) is 11.3. The molecule has 0 amide bonds. The molecule has 0 saturated heterocycles. The van der Waals surface area contributed by atoms with Gasteiger partial charge in [-0.05, 0) is 117 Å². The SMILES string of the molecule is CC(=O)C=C(C)O.COc1cc(C(c2ccccc2)c2ccccc2)c(N2C=CN(c3c(C(c4ccccc4)c4ccccc4)cc(OC)cc3C(c3ccccc3)c3ccccc3)[CH-]2)c(C(c2ccccc2)c2ccccc2)c1.[Cl][Pd+]. The van der Waals surface area contributed by atoms with Crippen LogP contribution in [0.1, 0.15) is 104 Å². The third-order valence-corrected chi connectivity index (χ3v) is 14.6. The van der Waals surface area contributed by atoms with E-state index in [2.05, 4.69) is 323 Å². The van der Waals surface area contributed by atoms with E-state index in [4.69, 9.17) is 14.6 Å². The van der Waals surface area contributed by atoms with Gasteiger partial charge < -0.3 is 24.4 Å². The van der Waals surface area contributed by atoms with Gasteiger partial charge in [0.2, 0.25) is 0 Å². The molecule has 10 aromatic carbocycles. The summed E-state index contributed by atoms with van der Waals surface area (Å²) in [5, 5.41) is 8.36. The molecule has 0 bridgehead atoms. The van der Waals surface area contributed by atoms with Crippen LogP contribution in [0.5, 0.6) is 11.5 Å². The van der Waals surface area contributed by atoms with Crippen LogP contribution in [-0.2, 0) is 23.0 Å². The van der Waals surface area contributed by atoms with Gasteiger partial charge in [0, 0.05) is 41.1 Å². The molecule has 8 heteroatoms. The van der Waals surface area contributed by atoms with Crippen molar-refractivity contribution in [2.75, 3.05) is 24.0 Å². The van der Waals surface area contributed by atoms with Crippen molar-refractivity contribution in [2.45, 2.75) is 37.5 Å². The predicted octanol–water partition coefficient (Wildman–Crippen LogP) is 18.1. The molecule has 0 spiro atoms. The molecule has 0 aliphatic carbocycles. The van der Waals surface area contributed by atoms with Crippen molar-refractivity contribution in [1.82, 2.24) is 0 Å². The van der Waals surface area contributed by atoms with E-state index in [0.717, 1.165) is 45.1 Å². The molecule has 412 valence electrons. The summed E-state index contributed by atoms with van der Waals surface area (Å²) >= 11 is 2.22. The van der Waals surface area contributed by atoms with Gasteiger partial charge in [0.05, 0.1) is 20.0 Å². The number of allylic oxidation sites excluding steroid dienone is 2. The zero-order valence-electron chi connectivity index (χ0n) is 46.3. The normalized spacial score (nSPS) is 12.0. The summed E-state index contributed by atoms with van der Waals surface area (Å²) in [5.74, 6) is 0.927. The van der Waals surface area contributed by atoms with E-state index in [-0.39, 0.29) is 35.2 Å². The van der Waals surface area contributed by atoms with Crippen LogP contribution >= 0.6 is 9.53 Å². The molecular weight excluding hydrogens is 1120 g/mol. The Balaban J connectivity index is 0.000000838. The Hall–Kier alpha value is -8.70. The maximum absolute atomic E-state index is 10.0. The summed E-state index contributed by atoms with van der Waals surface area (Å²) < 4.78 is 12.7. The van der Waals surface area contributed by atoms with Crippen LogP contribution in [0.25, 0.3) is 0 Å². The number of hydrogen-bond acceptors (Lipinski definition) is 6. The molecule has 0 fully saturated rings. The molecule has 1 aliphatic heterocycles. The van der Waals surface area contributed by atoms with Gasteiger partial charge in [-0.25, -0.2) is 0 Å². The second kappa shape index (κ2) is 28.6. The van der Waals surface area contributed by atoms with Crippen molar-refractivity contribution in [2.24, 2.45) is 0 Å². The first-order valence-corrected chi connectivity index (χ1v) is 29.2. The quantitative estimate of drug-likeness (QED) is 0.0322. The Labute approximate surface area is 498 Å². The first-order chi connectivity index (χ1) is 40.3. The standard InChI is InChI=1S/C69H57N2O2.C5H8O2.ClH.Pd/c1-72-58-45-60(64(50-27-11-3-12-28-50)51-29-13-4-14-30-51)68(61(46-58)65(52-31-15-5-16-32-52)53-33-17-6-18-34-53)70-43-44-71(49-70)69-62(66(54-35-19-7-20-36-54)55-37-21-8-22-38-55)47-59(73-2)48-63(69)67(56-39-23-9-24-40-56)57-41-25-10-26-42-57;1-4(6)3-5(2)7;;/h3-49,64-67H,1-2H3;3,6H,1-2H3;1H;/q-1;;;+2/p-1. The van der Waals surface area contributed by atoms with Crippen LogP contribution in [-0.4, -0.2) is 25.1 Å². The van der Waals surface area contributed by atoms with E-state index in [0.29, 0.717) is 0 Å². The van der Waals surface area contributed by atoms with Crippen LogP contribution in [0.2, 0.25) is 0 Å². The summed E-state index contributed by atoms with van der Waals surface area (Å²) in [5.41, 5.74) is 16.2. The zero-order chi connectivity index (χ0) is 57.2. The Bertz CT molecular complexity index is 3070. The minimum absolute atomic E-state index is 0.0625. The number of ketones is 1. The average molecular weight is 1190 g/mol. The topological polar surface area (TPSA) is 62.2 Å². The van der Waals surface area contributed by atoms with Gasteiger partial charge >= 0.3 is 27.7 Å². The number of hydrogen-bond donors (Lipinski definition) is 1. The predicted molar refractivity (Wildman–Crippen MR) is 333 cm³/mol. The number of aliphatic hydroxyl groups is 1. The number of nitrogens with zero attached hydrogens (tertiary/aromatic N) is 2. The number of benzene rings is 10. The van der Waals surface area contributed by atoms with E-state index < -0.39 is 0 Å². The summed E-state index contributed by atoms with van der Waals surface area (Å²) in [4.78, 5) is 14.7. The van der Waals surface area contributed by atoms with E-state index in [9.17, 15) is 4.79 Å². The second-order valence-electron chi connectivity index (χ2n) is 20.0. The molecule has 82 heavy (non-hydrogen) atoms. The summed E-state index contributed by atoms with van der Waals surface area (Å²) in [6.45, 7) is 5.14. The van der Waals surface area contributed by atoms with Gasteiger partial charge in [0.15, 0.2) is 5.78 Å². The van der Waals surface area contributed by atoms with Gasteiger partial charge in [-0.1, -0.05) is 243 Å². The molecule has 1 aliphatic rings. The molecule has 1 N–H and O–H groups in total. The Morgan fingerprint density at radius 1 is 0.402 bits per heavy atom. The van der Waals surface area contributed by atoms with Crippen LogP contribution < -0.4 is 19.3 Å². The van der Waals surface area contributed by atoms with Crippen molar-refractivity contribution in [3.63, 3.8) is 0 Å². The third kappa shape index (κ3) is 13.7. The molecular formula is C74H65ClN2O4Pd. The van der Waals surface area contributed by atoms with Gasteiger partial charge in [-0.3, -0.25) is 4.79 Å². The van der Waals surface area contributed by atoms with Crippen LogP contribution in [0.15, 0.2) is 291 Å². The van der Waals surface area contributed by atoms with Crippen molar-refractivity contribution in [3.05, 3.63) is 365 Å². The van der Waals surface area contributed by atoms with E-state index in [1.54, 1.807) is 14.2 Å². The van der Waals surface area contributed by atoms with Crippen molar-refractivity contribution in [1.29, 1.82) is 0 Å². The van der Waals surface area contributed by atoms with E-state index in [1.807, 2.05) is 0 Å². The van der Waals surface area contributed by atoms with Gasteiger partial charge in [-0.2, -0.15) is 0 Å². The van der Waals surface area contributed by atoms with Gasteiger partial charge in [0.25, 0.3) is 0 Å². The zero-order valence-corrected chi connectivity index (χ0v) is 48.6. The third-order valence-electron chi connectivity index (χ3n) is 14.6. The van der Waals surface area contributed by atoms with Crippen LogP contribution in [0.4, 0.5) is 11.4 Å². The molecule has 0 unspecified atom stereocenters.